The fourth-order valence-corrected chi connectivity index (χ4v) is 4.67. The molecule has 5 nitrogen and oxygen atoms in total. The number of hydrogen-bond acceptors (Lipinski definition) is 3. The summed E-state index contributed by atoms with van der Waals surface area (Å²) >= 11 is 0. The second kappa shape index (κ2) is 6.30. The van der Waals surface area contributed by atoms with Crippen molar-refractivity contribution < 1.29 is 23.5 Å². The molecule has 140 valence electrons. The van der Waals surface area contributed by atoms with Crippen LogP contribution in [0.2, 0.25) is 0 Å². The van der Waals surface area contributed by atoms with E-state index in [2.05, 4.69) is 4.90 Å². The standard InChI is InChI=1S/C19H22F2N2O3/c20-14-5-2-6-15(21)16(14)17(24)23-9-13-8-22(7-12-3-1-4-12)10-19(13,11-23)18(25)26/h2,5-6,12-13H,1,3-4,7-11H2,(H,25,26)/t13?,19-/m1/s1. The van der Waals surface area contributed by atoms with E-state index in [9.17, 15) is 23.5 Å². The van der Waals surface area contributed by atoms with E-state index in [-0.39, 0.29) is 19.0 Å². The first-order valence-electron chi connectivity index (χ1n) is 9.10. The molecule has 3 fully saturated rings. The average molecular weight is 364 g/mol. The number of halogens is 2. The minimum absolute atomic E-state index is 0.000768. The molecular weight excluding hydrogens is 342 g/mol. The fourth-order valence-electron chi connectivity index (χ4n) is 4.67. The molecule has 2 saturated heterocycles. The summed E-state index contributed by atoms with van der Waals surface area (Å²) in [6, 6.07) is 3.29. The van der Waals surface area contributed by atoms with Gasteiger partial charge in [-0.05, 0) is 30.9 Å². The Morgan fingerprint density at radius 1 is 1.15 bits per heavy atom. The van der Waals surface area contributed by atoms with Gasteiger partial charge in [-0.1, -0.05) is 12.5 Å². The first kappa shape index (κ1) is 17.4. The number of rotatable bonds is 4. The van der Waals surface area contributed by atoms with E-state index in [1.807, 2.05) is 0 Å². The first-order chi connectivity index (χ1) is 12.4. The fraction of sp³-hybridized carbons (Fsp3) is 0.579. The van der Waals surface area contributed by atoms with Gasteiger partial charge in [0.1, 0.15) is 22.6 Å². The van der Waals surface area contributed by atoms with Crippen molar-refractivity contribution in [2.75, 3.05) is 32.7 Å². The van der Waals surface area contributed by atoms with E-state index in [0.29, 0.717) is 19.0 Å². The number of benzene rings is 1. The van der Waals surface area contributed by atoms with Crippen LogP contribution in [-0.2, 0) is 4.79 Å². The Balaban J connectivity index is 1.53. The van der Waals surface area contributed by atoms with Crippen LogP contribution in [0.4, 0.5) is 8.78 Å². The van der Waals surface area contributed by atoms with Crippen LogP contribution in [0.1, 0.15) is 29.6 Å². The molecule has 2 heterocycles. The molecule has 4 rings (SSSR count). The van der Waals surface area contributed by atoms with Gasteiger partial charge < -0.3 is 14.9 Å². The molecule has 26 heavy (non-hydrogen) atoms. The third kappa shape index (κ3) is 2.69. The number of carbonyl (C=O) groups is 2. The van der Waals surface area contributed by atoms with Crippen molar-refractivity contribution in [1.29, 1.82) is 0 Å². The lowest BCUT2D eigenvalue weighted by molar-refractivity contribution is -0.148. The van der Waals surface area contributed by atoms with Gasteiger partial charge in [0.2, 0.25) is 0 Å². The lowest BCUT2D eigenvalue weighted by Gasteiger charge is -2.31. The molecule has 0 bridgehead atoms. The Kier molecular flexibility index (Phi) is 4.22. The summed E-state index contributed by atoms with van der Waals surface area (Å²) in [6.45, 7) is 2.14. The van der Waals surface area contributed by atoms with Gasteiger partial charge in [-0.2, -0.15) is 0 Å². The van der Waals surface area contributed by atoms with E-state index in [0.717, 1.165) is 18.7 Å². The van der Waals surface area contributed by atoms with Crippen LogP contribution >= 0.6 is 0 Å². The number of hydrogen-bond donors (Lipinski definition) is 1. The van der Waals surface area contributed by atoms with E-state index in [4.69, 9.17) is 0 Å². The van der Waals surface area contributed by atoms with Crippen LogP contribution in [0.3, 0.4) is 0 Å². The van der Waals surface area contributed by atoms with Crippen LogP contribution in [0.15, 0.2) is 18.2 Å². The van der Waals surface area contributed by atoms with Crippen molar-refractivity contribution in [1.82, 2.24) is 9.80 Å². The number of carboxylic acids is 1. The van der Waals surface area contributed by atoms with E-state index < -0.39 is 34.5 Å². The highest BCUT2D eigenvalue weighted by atomic mass is 19.1. The minimum Gasteiger partial charge on any atom is -0.481 e. The molecule has 1 saturated carbocycles. The summed E-state index contributed by atoms with van der Waals surface area (Å²) < 4.78 is 27.9. The zero-order chi connectivity index (χ0) is 18.5. The molecule has 2 aliphatic heterocycles. The molecule has 1 amide bonds. The highest BCUT2D eigenvalue weighted by Crippen LogP contribution is 2.44. The largest absolute Gasteiger partial charge is 0.481 e. The molecule has 1 unspecified atom stereocenters. The maximum absolute atomic E-state index is 13.9. The SMILES string of the molecule is O=C(c1c(F)cccc1F)N1CC2CN(CC3CCC3)C[C@@]2(C(=O)O)C1. The number of carboxylic acid groups (broad SMARTS) is 1. The lowest BCUT2D eigenvalue weighted by atomic mass is 9.81. The molecule has 0 spiro atoms. The topological polar surface area (TPSA) is 60.9 Å². The van der Waals surface area contributed by atoms with Crippen molar-refractivity contribution in [3.05, 3.63) is 35.4 Å². The van der Waals surface area contributed by atoms with Crippen LogP contribution < -0.4 is 0 Å². The summed E-state index contributed by atoms with van der Waals surface area (Å²) in [5.74, 6) is -3.08. The lowest BCUT2D eigenvalue weighted by Crippen LogP contribution is -2.43. The van der Waals surface area contributed by atoms with Gasteiger partial charge in [0, 0.05) is 38.6 Å². The summed E-state index contributed by atoms with van der Waals surface area (Å²) in [7, 11) is 0. The van der Waals surface area contributed by atoms with Crippen molar-refractivity contribution in [3.8, 4) is 0 Å². The Labute approximate surface area is 150 Å². The normalized spacial score (nSPS) is 28.8. The van der Waals surface area contributed by atoms with E-state index in [1.54, 1.807) is 0 Å². The predicted molar refractivity (Wildman–Crippen MR) is 89.6 cm³/mol. The second-order valence-corrected chi connectivity index (χ2v) is 7.93. The second-order valence-electron chi connectivity index (χ2n) is 7.93. The van der Waals surface area contributed by atoms with Crippen molar-refractivity contribution in [3.63, 3.8) is 0 Å². The molecule has 3 aliphatic rings. The zero-order valence-corrected chi connectivity index (χ0v) is 14.5. The van der Waals surface area contributed by atoms with Gasteiger partial charge in [0.05, 0.1) is 0 Å². The molecule has 1 N–H and O–H groups in total. The summed E-state index contributed by atoms with van der Waals surface area (Å²) in [6.07, 6.45) is 3.62. The van der Waals surface area contributed by atoms with Gasteiger partial charge in [0.15, 0.2) is 0 Å². The number of fused-ring (bicyclic) bond motifs is 1. The minimum atomic E-state index is -1.04. The quantitative estimate of drug-likeness (QED) is 0.890. The van der Waals surface area contributed by atoms with Crippen LogP contribution in [-0.4, -0.2) is 59.5 Å². The van der Waals surface area contributed by atoms with Gasteiger partial charge in [-0.25, -0.2) is 8.78 Å². The Morgan fingerprint density at radius 3 is 2.38 bits per heavy atom. The third-order valence-electron chi connectivity index (χ3n) is 6.31. The molecule has 2 atom stereocenters. The van der Waals surface area contributed by atoms with Crippen LogP contribution in [0.25, 0.3) is 0 Å². The van der Waals surface area contributed by atoms with Crippen LogP contribution in [0.5, 0.6) is 0 Å². The third-order valence-corrected chi connectivity index (χ3v) is 6.31. The number of nitrogens with zero attached hydrogens (tertiary/aromatic N) is 2. The summed E-state index contributed by atoms with van der Waals surface area (Å²) in [5, 5.41) is 9.86. The number of aliphatic carboxylic acids is 1. The number of amides is 1. The first-order valence-corrected chi connectivity index (χ1v) is 9.10. The van der Waals surface area contributed by atoms with Gasteiger partial charge in [-0.15, -0.1) is 0 Å². The Hall–Kier alpha value is -2.02. The van der Waals surface area contributed by atoms with Gasteiger partial charge in [-0.3, -0.25) is 9.59 Å². The maximum atomic E-state index is 13.9. The van der Waals surface area contributed by atoms with Crippen molar-refractivity contribution in [2.24, 2.45) is 17.3 Å². The highest BCUT2D eigenvalue weighted by molar-refractivity contribution is 5.95. The summed E-state index contributed by atoms with van der Waals surface area (Å²) in [4.78, 5) is 28.2. The van der Waals surface area contributed by atoms with Crippen LogP contribution in [0, 0.1) is 28.9 Å². The Morgan fingerprint density at radius 2 is 1.85 bits per heavy atom. The van der Waals surface area contributed by atoms with Gasteiger partial charge in [0.25, 0.3) is 5.91 Å². The number of likely N-dealkylation sites (tertiary alicyclic amines) is 2. The molecule has 7 heteroatoms. The van der Waals surface area contributed by atoms with E-state index >= 15 is 0 Å². The van der Waals surface area contributed by atoms with Crippen molar-refractivity contribution >= 4 is 11.9 Å². The monoisotopic (exact) mass is 364 g/mol. The molecule has 1 aromatic rings. The molecule has 0 aromatic heterocycles. The molecular formula is C19H22F2N2O3. The Bertz CT molecular complexity index is 732. The predicted octanol–water partition coefficient (Wildman–Crippen LogP) is 2.22. The maximum Gasteiger partial charge on any atom is 0.313 e. The van der Waals surface area contributed by atoms with Gasteiger partial charge >= 0.3 is 5.97 Å². The smallest absolute Gasteiger partial charge is 0.313 e. The zero-order valence-electron chi connectivity index (χ0n) is 14.5. The molecule has 1 aromatic carbocycles. The summed E-state index contributed by atoms with van der Waals surface area (Å²) in [5.41, 5.74) is -1.64. The van der Waals surface area contributed by atoms with E-state index in [1.165, 1.54) is 30.2 Å². The highest BCUT2D eigenvalue weighted by Gasteiger charge is 2.58. The van der Waals surface area contributed by atoms with Crippen molar-refractivity contribution in [2.45, 2.75) is 19.3 Å². The molecule has 1 aliphatic carbocycles. The average Bonchev–Trinajstić information content (AvgIpc) is 3.05. The molecule has 0 radical (unpaired) electrons. The number of carbonyl (C=O) groups excluding carboxylic acids is 1.